The van der Waals surface area contributed by atoms with Crippen LogP contribution in [0.25, 0.3) is 0 Å². The molecule has 0 radical (unpaired) electrons. The van der Waals surface area contributed by atoms with Gasteiger partial charge in [0, 0.05) is 30.2 Å². The van der Waals surface area contributed by atoms with Crippen LogP contribution >= 0.6 is 0 Å². The molecule has 0 aliphatic carbocycles. The molecule has 1 aromatic rings. The van der Waals surface area contributed by atoms with Gasteiger partial charge in [-0.05, 0) is 83.1 Å². The summed E-state index contributed by atoms with van der Waals surface area (Å²) in [4.78, 5) is 29.4. The summed E-state index contributed by atoms with van der Waals surface area (Å²) < 4.78 is 5.72. The minimum atomic E-state index is 0.0407. The van der Waals surface area contributed by atoms with Crippen LogP contribution in [0, 0.1) is 0 Å². The van der Waals surface area contributed by atoms with Crippen LogP contribution in [0.1, 0.15) is 76.1 Å². The van der Waals surface area contributed by atoms with E-state index in [0.29, 0.717) is 17.4 Å². The number of hydrogen-bond donors (Lipinski definition) is 0. The first kappa shape index (κ1) is 20.7. The monoisotopic (exact) mass is 386 g/mol. The molecule has 2 aliphatic rings. The molecule has 3 rings (SSSR count). The topological polar surface area (TPSA) is 49.9 Å². The summed E-state index contributed by atoms with van der Waals surface area (Å²) >= 11 is 0. The second kappa shape index (κ2) is 9.44. The molecule has 2 saturated heterocycles. The largest absolute Gasteiger partial charge is 0.484 e. The summed E-state index contributed by atoms with van der Waals surface area (Å²) in [5, 5.41) is 0. The number of nitrogens with zero attached hydrogens (tertiary/aromatic N) is 2. The Balaban J connectivity index is 1.57. The van der Waals surface area contributed by atoms with Gasteiger partial charge in [-0.3, -0.25) is 9.59 Å². The summed E-state index contributed by atoms with van der Waals surface area (Å²) in [5.41, 5.74) is 0.692. The van der Waals surface area contributed by atoms with Crippen molar-refractivity contribution in [3.05, 3.63) is 29.8 Å². The number of likely N-dealkylation sites (tertiary alicyclic amines) is 2. The maximum absolute atomic E-state index is 12.8. The summed E-state index contributed by atoms with van der Waals surface area (Å²) in [7, 11) is 0. The highest BCUT2D eigenvalue weighted by atomic mass is 16.5. The molecular weight excluding hydrogens is 352 g/mol. The van der Waals surface area contributed by atoms with E-state index < -0.39 is 0 Å². The molecular formula is C23H34N2O3. The lowest BCUT2D eigenvalue weighted by atomic mass is 9.97. The van der Waals surface area contributed by atoms with E-state index in [4.69, 9.17) is 4.74 Å². The smallest absolute Gasteiger partial charge is 0.260 e. The predicted molar refractivity (Wildman–Crippen MR) is 111 cm³/mol. The average molecular weight is 387 g/mol. The van der Waals surface area contributed by atoms with Crippen molar-refractivity contribution in [2.24, 2.45) is 0 Å². The fraction of sp³-hybridized carbons (Fsp3) is 0.652. The fourth-order valence-corrected chi connectivity index (χ4v) is 4.68. The molecule has 2 amide bonds. The van der Waals surface area contributed by atoms with Crippen LogP contribution in [-0.4, -0.2) is 52.9 Å². The minimum absolute atomic E-state index is 0.0407. The zero-order chi connectivity index (χ0) is 20.1. The number of amides is 2. The first-order valence-corrected chi connectivity index (χ1v) is 10.9. The number of benzene rings is 1. The van der Waals surface area contributed by atoms with Crippen molar-refractivity contribution in [3.63, 3.8) is 0 Å². The lowest BCUT2D eigenvalue weighted by Crippen LogP contribution is -2.49. The summed E-state index contributed by atoms with van der Waals surface area (Å²) in [5.74, 6) is 0.775. The Bertz CT molecular complexity index is 663. The van der Waals surface area contributed by atoms with E-state index in [2.05, 4.69) is 20.8 Å². The summed E-state index contributed by atoms with van der Waals surface area (Å²) in [6.07, 6.45) is 7.68. The number of rotatable bonds is 5. The second-order valence-electron chi connectivity index (χ2n) is 8.30. The molecule has 0 spiro atoms. The summed E-state index contributed by atoms with van der Waals surface area (Å²) in [6.45, 7) is 7.26. The van der Waals surface area contributed by atoms with Crippen LogP contribution in [-0.2, 0) is 4.79 Å². The van der Waals surface area contributed by atoms with E-state index in [-0.39, 0.29) is 30.5 Å². The van der Waals surface area contributed by atoms with Gasteiger partial charge in [0.2, 0.25) is 0 Å². The molecule has 2 aliphatic heterocycles. The van der Waals surface area contributed by atoms with Gasteiger partial charge in [-0.2, -0.15) is 0 Å². The van der Waals surface area contributed by atoms with Crippen molar-refractivity contribution in [2.75, 3.05) is 13.2 Å². The molecule has 0 saturated carbocycles. The van der Waals surface area contributed by atoms with E-state index in [1.807, 2.05) is 21.9 Å². The van der Waals surface area contributed by atoms with Gasteiger partial charge in [-0.25, -0.2) is 0 Å². The second-order valence-corrected chi connectivity index (χ2v) is 8.30. The Morgan fingerprint density at radius 2 is 1.68 bits per heavy atom. The Hall–Kier alpha value is -2.04. The Labute approximate surface area is 169 Å². The molecule has 3 atom stereocenters. The SMILES string of the molecule is CCC1CCCCN1C(=O)c1ccc(OCC(=O)N2C(C)CCCC2C)cc1. The van der Waals surface area contributed by atoms with Gasteiger partial charge < -0.3 is 14.5 Å². The van der Waals surface area contributed by atoms with E-state index in [1.54, 1.807) is 12.1 Å². The Kier molecular flexibility index (Phi) is 6.97. The third-order valence-corrected chi connectivity index (χ3v) is 6.30. The minimum Gasteiger partial charge on any atom is -0.484 e. The molecule has 5 heteroatoms. The van der Waals surface area contributed by atoms with Crippen molar-refractivity contribution in [1.82, 2.24) is 9.80 Å². The van der Waals surface area contributed by atoms with Gasteiger partial charge in [0.1, 0.15) is 5.75 Å². The molecule has 2 fully saturated rings. The van der Waals surface area contributed by atoms with Gasteiger partial charge in [0.15, 0.2) is 6.61 Å². The number of hydrogen-bond acceptors (Lipinski definition) is 3. The summed E-state index contributed by atoms with van der Waals surface area (Å²) in [6, 6.07) is 8.13. The molecule has 0 bridgehead atoms. The van der Waals surface area contributed by atoms with Crippen molar-refractivity contribution < 1.29 is 14.3 Å². The van der Waals surface area contributed by atoms with Gasteiger partial charge in [0.05, 0.1) is 0 Å². The van der Waals surface area contributed by atoms with E-state index >= 15 is 0 Å². The zero-order valence-corrected chi connectivity index (χ0v) is 17.5. The highest BCUT2D eigenvalue weighted by Crippen LogP contribution is 2.24. The molecule has 0 N–H and O–H groups in total. The first-order chi connectivity index (χ1) is 13.5. The van der Waals surface area contributed by atoms with Gasteiger partial charge in [-0.1, -0.05) is 6.92 Å². The molecule has 154 valence electrons. The normalized spacial score (nSPS) is 25.5. The van der Waals surface area contributed by atoms with Crippen LogP contribution < -0.4 is 4.74 Å². The van der Waals surface area contributed by atoms with Gasteiger partial charge in [-0.15, -0.1) is 0 Å². The lowest BCUT2D eigenvalue weighted by molar-refractivity contribution is -0.139. The quantitative estimate of drug-likeness (QED) is 0.760. The fourth-order valence-electron chi connectivity index (χ4n) is 4.68. The van der Waals surface area contributed by atoms with E-state index in [0.717, 1.165) is 38.6 Å². The van der Waals surface area contributed by atoms with Crippen molar-refractivity contribution in [2.45, 2.75) is 83.8 Å². The van der Waals surface area contributed by atoms with Crippen LogP contribution in [0.15, 0.2) is 24.3 Å². The third-order valence-electron chi connectivity index (χ3n) is 6.30. The number of carbonyl (C=O) groups excluding carboxylic acids is 2. The molecule has 1 aromatic carbocycles. The highest BCUT2D eigenvalue weighted by Gasteiger charge is 2.29. The van der Waals surface area contributed by atoms with Crippen molar-refractivity contribution in [1.29, 1.82) is 0 Å². The van der Waals surface area contributed by atoms with E-state index in [9.17, 15) is 9.59 Å². The highest BCUT2D eigenvalue weighted by molar-refractivity contribution is 5.94. The van der Waals surface area contributed by atoms with Crippen LogP contribution in [0.3, 0.4) is 0 Å². The van der Waals surface area contributed by atoms with Crippen molar-refractivity contribution in [3.8, 4) is 5.75 Å². The number of ether oxygens (including phenoxy) is 1. The van der Waals surface area contributed by atoms with Crippen LogP contribution in [0.2, 0.25) is 0 Å². The molecule has 2 heterocycles. The average Bonchev–Trinajstić information content (AvgIpc) is 2.72. The molecule has 28 heavy (non-hydrogen) atoms. The van der Waals surface area contributed by atoms with Crippen molar-refractivity contribution >= 4 is 11.8 Å². The number of carbonyl (C=O) groups is 2. The maximum Gasteiger partial charge on any atom is 0.260 e. The number of piperidine rings is 2. The lowest BCUT2D eigenvalue weighted by Gasteiger charge is -2.39. The standard InChI is InChI=1S/C23H34N2O3/c1-4-20-10-5-6-15-24(20)23(27)19-11-13-21(14-12-19)28-16-22(26)25-17(2)8-7-9-18(25)3/h11-14,17-18,20H,4-10,15-16H2,1-3H3. The van der Waals surface area contributed by atoms with E-state index in [1.165, 1.54) is 12.8 Å². The van der Waals surface area contributed by atoms with Crippen LogP contribution in [0.5, 0.6) is 5.75 Å². The Morgan fingerprint density at radius 1 is 1.00 bits per heavy atom. The predicted octanol–water partition coefficient (Wildman–Crippen LogP) is 4.26. The maximum atomic E-state index is 12.8. The molecule has 3 unspecified atom stereocenters. The van der Waals surface area contributed by atoms with Gasteiger partial charge in [0.25, 0.3) is 11.8 Å². The Morgan fingerprint density at radius 3 is 2.32 bits per heavy atom. The van der Waals surface area contributed by atoms with Crippen LogP contribution in [0.4, 0.5) is 0 Å². The molecule has 0 aromatic heterocycles. The molecule has 5 nitrogen and oxygen atoms in total. The zero-order valence-electron chi connectivity index (χ0n) is 17.5. The first-order valence-electron chi connectivity index (χ1n) is 10.9. The van der Waals surface area contributed by atoms with Gasteiger partial charge >= 0.3 is 0 Å². The third kappa shape index (κ3) is 4.68.